The van der Waals surface area contributed by atoms with E-state index in [1.54, 1.807) is 12.5 Å². The molecule has 0 bridgehead atoms. The molecule has 6 nitrogen and oxygen atoms in total. The molecule has 0 amide bonds. The van der Waals surface area contributed by atoms with Gasteiger partial charge >= 0.3 is 0 Å². The number of rotatable bonds is 5. The molecule has 0 radical (unpaired) electrons. The summed E-state index contributed by atoms with van der Waals surface area (Å²) < 4.78 is 13.4. The summed E-state index contributed by atoms with van der Waals surface area (Å²) in [6, 6.07) is 5.67. The normalized spacial score (nSPS) is 15.3. The van der Waals surface area contributed by atoms with Gasteiger partial charge in [-0.1, -0.05) is 11.1 Å². The van der Waals surface area contributed by atoms with E-state index < -0.39 is 5.79 Å². The molecule has 2 aromatic rings. The van der Waals surface area contributed by atoms with Gasteiger partial charge in [-0.2, -0.15) is 0 Å². The third-order valence-corrected chi connectivity index (χ3v) is 3.20. The first kappa shape index (κ1) is 15.0. The number of hydrogen-bond donors (Lipinski definition) is 0. The Bertz CT molecular complexity index is 758. The molecule has 0 N–H and O–H groups in total. The van der Waals surface area contributed by atoms with Gasteiger partial charge in [-0.25, -0.2) is 4.98 Å². The number of benzene rings is 1. The van der Waals surface area contributed by atoms with E-state index in [1.165, 1.54) is 0 Å². The number of nitrogens with zero attached hydrogens (tertiary/aromatic N) is 3. The predicted molar refractivity (Wildman–Crippen MR) is 85.3 cm³/mol. The summed E-state index contributed by atoms with van der Waals surface area (Å²) in [5.41, 5.74) is 1.59. The molecule has 0 atom stereocenters. The lowest BCUT2D eigenvalue weighted by Gasteiger charge is -2.16. The Morgan fingerprint density at radius 1 is 1.39 bits per heavy atom. The van der Waals surface area contributed by atoms with Gasteiger partial charge in [0.1, 0.15) is 5.71 Å². The van der Waals surface area contributed by atoms with Crippen LogP contribution >= 0.6 is 0 Å². The topological polar surface area (TPSA) is 57.9 Å². The summed E-state index contributed by atoms with van der Waals surface area (Å²) in [6.45, 7) is 4.35. The van der Waals surface area contributed by atoms with E-state index in [0.29, 0.717) is 23.8 Å². The summed E-state index contributed by atoms with van der Waals surface area (Å²) >= 11 is 0. The standard InChI is InChI=1S/C17H17N3O3/c1-4-9-21-19-14(11-20-8-7-18-12-20)13-5-6-15-16(10-13)23-17(2,3)22-15/h1,5-8,10,12H,9,11H2,2-3H3/b19-14+. The van der Waals surface area contributed by atoms with E-state index >= 15 is 0 Å². The zero-order valence-electron chi connectivity index (χ0n) is 13.0. The van der Waals surface area contributed by atoms with Crippen LogP contribution in [-0.4, -0.2) is 27.7 Å². The monoisotopic (exact) mass is 311 g/mol. The molecular formula is C17H17N3O3. The second-order valence-electron chi connectivity index (χ2n) is 5.52. The fourth-order valence-corrected chi connectivity index (χ4v) is 2.28. The molecule has 2 heterocycles. The smallest absolute Gasteiger partial charge is 0.246 e. The van der Waals surface area contributed by atoms with E-state index in [2.05, 4.69) is 16.1 Å². The van der Waals surface area contributed by atoms with Crippen LogP contribution in [0.5, 0.6) is 11.5 Å². The average molecular weight is 311 g/mol. The van der Waals surface area contributed by atoms with Crippen molar-refractivity contribution < 1.29 is 14.3 Å². The van der Waals surface area contributed by atoms with Crippen molar-refractivity contribution in [3.8, 4) is 23.8 Å². The summed E-state index contributed by atoms with van der Waals surface area (Å²) in [7, 11) is 0. The Hall–Kier alpha value is -2.94. The minimum absolute atomic E-state index is 0.116. The van der Waals surface area contributed by atoms with Crippen molar-refractivity contribution in [1.29, 1.82) is 0 Å². The van der Waals surface area contributed by atoms with Crippen molar-refractivity contribution in [3.05, 3.63) is 42.5 Å². The second kappa shape index (κ2) is 6.05. The van der Waals surface area contributed by atoms with Crippen molar-refractivity contribution in [3.63, 3.8) is 0 Å². The number of oxime groups is 1. The minimum atomic E-state index is -0.664. The highest BCUT2D eigenvalue weighted by Gasteiger charge is 2.31. The number of aromatic nitrogens is 2. The predicted octanol–water partition coefficient (Wildman–Crippen LogP) is 2.44. The minimum Gasteiger partial charge on any atom is -0.449 e. The largest absolute Gasteiger partial charge is 0.449 e. The van der Waals surface area contributed by atoms with E-state index in [9.17, 15) is 0 Å². The summed E-state index contributed by atoms with van der Waals surface area (Å²) in [4.78, 5) is 9.19. The van der Waals surface area contributed by atoms with Crippen LogP contribution in [0.1, 0.15) is 19.4 Å². The quantitative estimate of drug-likeness (QED) is 0.368. The Morgan fingerprint density at radius 2 is 2.22 bits per heavy atom. The highest BCUT2D eigenvalue weighted by molar-refractivity contribution is 6.00. The summed E-state index contributed by atoms with van der Waals surface area (Å²) in [6.07, 6.45) is 10.5. The van der Waals surface area contributed by atoms with Gasteiger partial charge in [0.05, 0.1) is 12.9 Å². The Balaban J connectivity index is 1.88. The van der Waals surface area contributed by atoms with E-state index in [-0.39, 0.29) is 6.61 Å². The molecule has 118 valence electrons. The Labute approximate surface area is 134 Å². The summed E-state index contributed by atoms with van der Waals surface area (Å²) in [5, 5.41) is 4.15. The number of terminal acetylenes is 1. The molecule has 0 spiro atoms. The second-order valence-corrected chi connectivity index (χ2v) is 5.52. The fourth-order valence-electron chi connectivity index (χ4n) is 2.28. The Morgan fingerprint density at radius 3 is 2.96 bits per heavy atom. The first-order valence-electron chi connectivity index (χ1n) is 7.18. The van der Waals surface area contributed by atoms with Crippen LogP contribution in [0.15, 0.2) is 42.1 Å². The molecule has 1 aromatic carbocycles. The molecule has 1 aromatic heterocycles. The Kier molecular flexibility index (Phi) is 3.94. The zero-order valence-corrected chi connectivity index (χ0v) is 13.0. The number of fused-ring (bicyclic) bond motifs is 1. The average Bonchev–Trinajstić information content (AvgIpc) is 3.11. The lowest BCUT2D eigenvalue weighted by Crippen LogP contribution is -2.29. The maximum atomic E-state index is 5.78. The van der Waals surface area contributed by atoms with Crippen LogP contribution in [0.25, 0.3) is 0 Å². The molecule has 1 aliphatic rings. The SMILES string of the molecule is C#CCO/N=C(\Cn1ccnc1)c1ccc2c(c1)OC(C)(C)O2. The lowest BCUT2D eigenvalue weighted by atomic mass is 10.1. The van der Waals surface area contributed by atoms with Gasteiger partial charge < -0.3 is 18.9 Å². The molecule has 0 aliphatic carbocycles. The third kappa shape index (κ3) is 3.46. The van der Waals surface area contributed by atoms with Gasteiger partial charge in [-0.05, 0) is 18.2 Å². The van der Waals surface area contributed by atoms with Gasteiger partial charge in [0.2, 0.25) is 5.79 Å². The van der Waals surface area contributed by atoms with Crippen LogP contribution in [0.2, 0.25) is 0 Å². The number of imidazole rings is 1. The van der Waals surface area contributed by atoms with Crippen molar-refractivity contribution in [2.24, 2.45) is 5.16 Å². The lowest BCUT2D eigenvalue weighted by molar-refractivity contribution is -0.0431. The number of ether oxygens (including phenoxy) is 2. The van der Waals surface area contributed by atoms with Crippen molar-refractivity contribution in [1.82, 2.24) is 9.55 Å². The highest BCUT2D eigenvalue weighted by atomic mass is 16.7. The molecule has 0 saturated heterocycles. The molecule has 0 unspecified atom stereocenters. The van der Waals surface area contributed by atoms with E-state index in [4.69, 9.17) is 20.7 Å². The molecule has 0 fully saturated rings. The molecular weight excluding hydrogens is 294 g/mol. The maximum absolute atomic E-state index is 5.78. The first-order valence-corrected chi connectivity index (χ1v) is 7.18. The molecule has 0 saturated carbocycles. The van der Waals surface area contributed by atoms with Crippen molar-refractivity contribution in [2.75, 3.05) is 6.61 Å². The summed E-state index contributed by atoms with van der Waals surface area (Å²) in [5.74, 6) is 3.12. The molecule has 23 heavy (non-hydrogen) atoms. The van der Waals surface area contributed by atoms with Gasteiger partial charge in [0.15, 0.2) is 18.1 Å². The highest BCUT2D eigenvalue weighted by Crippen LogP contribution is 2.39. The molecule has 3 rings (SSSR count). The van der Waals surface area contributed by atoms with Crippen LogP contribution in [-0.2, 0) is 11.4 Å². The maximum Gasteiger partial charge on any atom is 0.246 e. The number of hydrogen-bond acceptors (Lipinski definition) is 5. The zero-order chi connectivity index (χ0) is 16.3. The van der Waals surface area contributed by atoms with Gasteiger partial charge in [-0.15, -0.1) is 6.42 Å². The molecule has 6 heteroatoms. The van der Waals surface area contributed by atoms with Crippen LogP contribution in [0.3, 0.4) is 0 Å². The third-order valence-electron chi connectivity index (χ3n) is 3.20. The van der Waals surface area contributed by atoms with Gasteiger partial charge in [0.25, 0.3) is 0 Å². The molecule has 1 aliphatic heterocycles. The van der Waals surface area contributed by atoms with Crippen molar-refractivity contribution in [2.45, 2.75) is 26.2 Å². The van der Waals surface area contributed by atoms with Crippen LogP contribution in [0.4, 0.5) is 0 Å². The van der Waals surface area contributed by atoms with Gasteiger partial charge in [-0.3, -0.25) is 0 Å². The van der Waals surface area contributed by atoms with Crippen LogP contribution in [0, 0.1) is 12.3 Å². The van der Waals surface area contributed by atoms with Crippen molar-refractivity contribution >= 4 is 5.71 Å². The van der Waals surface area contributed by atoms with E-state index in [1.807, 2.05) is 42.8 Å². The first-order chi connectivity index (χ1) is 11.1. The fraction of sp³-hybridized carbons (Fsp3) is 0.294. The van der Waals surface area contributed by atoms with Crippen LogP contribution < -0.4 is 9.47 Å². The van der Waals surface area contributed by atoms with Gasteiger partial charge in [0, 0.05) is 31.8 Å². The van der Waals surface area contributed by atoms with E-state index in [0.717, 1.165) is 5.56 Å².